The van der Waals surface area contributed by atoms with Crippen LogP contribution in [0.25, 0.3) is 38.6 Å². The number of para-hydroxylation sites is 1. The highest BCUT2D eigenvalue weighted by Gasteiger charge is 2.20. The SMILES string of the molecule is Cc1cccc(N(C2=CCC(c3ccc4c(c3)c3cc(O)ccc3n4-c3ccccc3)C=C2)c2ccc(-c3ccccc3)cc2)c1. The van der Waals surface area contributed by atoms with Crippen molar-refractivity contribution >= 4 is 33.2 Å². The van der Waals surface area contributed by atoms with Crippen LogP contribution in [0.5, 0.6) is 5.75 Å². The van der Waals surface area contributed by atoms with Crippen LogP contribution in [0.2, 0.25) is 0 Å². The maximum Gasteiger partial charge on any atom is 0.116 e. The Morgan fingerprint density at radius 3 is 2.04 bits per heavy atom. The number of hydrogen-bond donors (Lipinski definition) is 1. The molecule has 1 aromatic heterocycles. The van der Waals surface area contributed by atoms with Crippen LogP contribution in [0.1, 0.15) is 23.5 Å². The molecular weight excluding hydrogens is 560 g/mol. The van der Waals surface area contributed by atoms with Gasteiger partial charge in [-0.15, -0.1) is 0 Å². The molecule has 1 heterocycles. The molecule has 3 heteroatoms. The lowest BCUT2D eigenvalue weighted by Crippen LogP contribution is -2.17. The summed E-state index contributed by atoms with van der Waals surface area (Å²) in [5.74, 6) is 0.531. The Balaban J connectivity index is 1.14. The fourth-order valence-corrected chi connectivity index (χ4v) is 6.78. The van der Waals surface area contributed by atoms with Crippen molar-refractivity contribution in [1.82, 2.24) is 4.57 Å². The first-order valence-electron chi connectivity index (χ1n) is 15.9. The van der Waals surface area contributed by atoms with Crippen molar-refractivity contribution in [2.24, 2.45) is 0 Å². The van der Waals surface area contributed by atoms with Gasteiger partial charge in [0.15, 0.2) is 0 Å². The first-order chi connectivity index (χ1) is 22.6. The zero-order chi connectivity index (χ0) is 31.0. The Hall–Kier alpha value is -5.80. The lowest BCUT2D eigenvalue weighted by Gasteiger charge is -2.29. The fourth-order valence-electron chi connectivity index (χ4n) is 6.78. The molecular formula is C43H34N2O. The number of aromatic hydroxyl groups is 1. The third-order valence-corrected chi connectivity index (χ3v) is 9.05. The molecule has 7 aromatic rings. The van der Waals surface area contributed by atoms with Crippen molar-refractivity contribution in [3.8, 4) is 22.6 Å². The number of rotatable bonds is 6. The average molecular weight is 595 g/mol. The van der Waals surface area contributed by atoms with Gasteiger partial charge in [-0.25, -0.2) is 0 Å². The van der Waals surface area contributed by atoms with Gasteiger partial charge >= 0.3 is 0 Å². The molecule has 1 aliphatic rings. The van der Waals surface area contributed by atoms with Gasteiger partial charge < -0.3 is 14.6 Å². The molecule has 0 aliphatic heterocycles. The minimum atomic E-state index is 0.250. The summed E-state index contributed by atoms with van der Waals surface area (Å²) in [6.45, 7) is 2.14. The van der Waals surface area contributed by atoms with Crippen molar-refractivity contribution in [3.63, 3.8) is 0 Å². The van der Waals surface area contributed by atoms with E-state index < -0.39 is 0 Å². The molecule has 0 radical (unpaired) electrons. The minimum absolute atomic E-state index is 0.250. The summed E-state index contributed by atoms with van der Waals surface area (Å²) in [5.41, 5.74) is 11.7. The predicted molar refractivity (Wildman–Crippen MR) is 192 cm³/mol. The van der Waals surface area contributed by atoms with Crippen molar-refractivity contribution in [2.45, 2.75) is 19.3 Å². The summed E-state index contributed by atoms with van der Waals surface area (Å²) in [7, 11) is 0. The van der Waals surface area contributed by atoms with Crippen molar-refractivity contribution in [1.29, 1.82) is 0 Å². The highest BCUT2D eigenvalue weighted by atomic mass is 16.3. The molecule has 0 saturated heterocycles. The van der Waals surface area contributed by atoms with Crippen LogP contribution in [-0.2, 0) is 0 Å². The smallest absolute Gasteiger partial charge is 0.116 e. The van der Waals surface area contributed by atoms with E-state index in [2.05, 4.69) is 156 Å². The molecule has 222 valence electrons. The average Bonchev–Trinajstić information content (AvgIpc) is 3.42. The van der Waals surface area contributed by atoms with Gasteiger partial charge in [-0.1, -0.05) is 91.0 Å². The van der Waals surface area contributed by atoms with Gasteiger partial charge in [0.05, 0.1) is 11.0 Å². The molecule has 3 nitrogen and oxygen atoms in total. The number of phenols is 1. The van der Waals surface area contributed by atoms with Gasteiger partial charge in [-0.05, 0) is 108 Å². The van der Waals surface area contributed by atoms with E-state index in [4.69, 9.17) is 0 Å². The molecule has 6 aromatic carbocycles. The summed E-state index contributed by atoms with van der Waals surface area (Å²) < 4.78 is 2.28. The highest BCUT2D eigenvalue weighted by molar-refractivity contribution is 6.10. The fraction of sp³-hybridized carbons (Fsp3) is 0.0698. The quantitative estimate of drug-likeness (QED) is 0.207. The number of hydrogen-bond acceptors (Lipinski definition) is 2. The molecule has 46 heavy (non-hydrogen) atoms. The van der Waals surface area contributed by atoms with E-state index in [0.29, 0.717) is 0 Å². The van der Waals surface area contributed by atoms with E-state index >= 15 is 0 Å². The predicted octanol–water partition coefficient (Wildman–Crippen LogP) is 11.2. The van der Waals surface area contributed by atoms with Crippen LogP contribution >= 0.6 is 0 Å². The molecule has 1 unspecified atom stereocenters. The topological polar surface area (TPSA) is 28.4 Å². The number of benzene rings is 6. The van der Waals surface area contributed by atoms with Crippen molar-refractivity contribution in [3.05, 3.63) is 181 Å². The van der Waals surface area contributed by atoms with Crippen molar-refractivity contribution in [2.75, 3.05) is 4.90 Å². The molecule has 0 bridgehead atoms. The van der Waals surface area contributed by atoms with Crippen LogP contribution in [-0.4, -0.2) is 9.67 Å². The number of aromatic nitrogens is 1. The third-order valence-electron chi connectivity index (χ3n) is 9.05. The van der Waals surface area contributed by atoms with E-state index in [-0.39, 0.29) is 11.7 Å². The number of allylic oxidation sites excluding steroid dienone is 3. The first kappa shape index (κ1) is 27.7. The molecule has 0 spiro atoms. The highest BCUT2D eigenvalue weighted by Crippen LogP contribution is 2.39. The second kappa shape index (κ2) is 11.6. The maximum atomic E-state index is 10.4. The summed E-state index contributed by atoms with van der Waals surface area (Å²) in [4.78, 5) is 2.36. The molecule has 1 N–H and O–H groups in total. The largest absolute Gasteiger partial charge is 0.508 e. The second-order valence-electron chi connectivity index (χ2n) is 12.1. The van der Waals surface area contributed by atoms with E-state index in [1.165, 1.54) is 28.0 Å². The zero-order valence-electron chi connectivity index (χ0n) is 25.7. The number of anilines is 2. The molecule has 0 fully saturated rings. The molecule has 0 saturated carbocycles. The van der Waals surface area contributed by atoms with Crippen molar-refractivity contribution < 1.29 is 5.11 Å². The van der Waals surface area contributed by atoms with E-state index in [1.807, 2.05) is 18.2 Å². The lowest BCUT2D eigenvalue weighted by atomic mass is 9.90. The summed E-state index contributed by atoms with van der Waals surface area (Å²) >= 11 is 0. The first-order valence-corrected chi connectivity index (χ1v) is 15.9. The standard InChI is InChI=1S/C43H34N2O/c1-30-9-8-14-38(27-30)44(36-20-15-32(16-21-36)31-10-4-2-5-11-31)37-22-17-33(18-23-37)34-19-25-42-40(28-34)41-29-39(46)24-26-43(41)45(42)35-12-6-3-7-13-35/h2-17,19-29,33,46H,18H2,1H3. The molecule has 0 amide bonds. The Labute approximate surface area is 269 Å². The monoisotopic (exact) mass is 594 g/mol. The van der Waals surface area contributed by atoms with Gasteiger partial charge in [0.1, 0.15) is 5.75 Å². The number of nitrogens with zero attached hydrogens (tertiary/aromatic N) is 2. The molecule has 8 rings (SSSR count). The van der Waals surface area contributed by atoms with Crippen LogP contribution in [0, 0.1) is 6.92 Å². The summed E-state index contributed by atoms with van der Waals surface area (Å²) in [6, 6.07) is 51.0. The van der Waals surface area contributed by atoms with Crippen LogP contribution in [0.3, 0.4) is 0 Å². The van der Waals surface area contributed by atoms with Gasteiger partial charge in [0.25, 0.3) is 0 Å². The van der Waals surface area contributed by atoms with Crippen LogP contribution in [0.4, 0.5) is 11.4 Å². The molecule has 1 atom stereocenters. The summed E-state index contributed by atoms with van der Waals surface area (Å²) in [5, 5.41) is 12.6. The maximum absolute atomic E-state index is 10.4. The van der Waals surface area contributed by atoms with Gasteiger partial charge in [-0.2, -0.15) is 0 Å². The van der Waals surface area contributed by atoms with Crippen LogP contribution < -0.4 is 4.90 Å². The number of fused-ring (bicyclic) bond motifs is 3. The lowest BCUT2D eigenvalue weighted by molar-refractivity contribution is 0.476. The zero-order valence-corrected chi connectivity index (χ0v) is 25.7. The van der Waals surface area contributed by atoms with E-state index in [1.54, 1.807) is 6.07 Å². The number of aryl methyl sites for hydroxylation is 1. The number of phenolic OH excluding ortho intramolecular Hbond substituents is 1. The molecule has 1 aliphatic carbocycles. The van der Waals surface area contributed by atoms with E-state index in [0.717, 1.165) is 45.3 Å². The third kappa shape index (κ3) is 5.06. The Morgan fingerprint density at radius 1 is 0.630 bits per heavy atom. The second-order valence-corrected chi connectivity index (χ2v) is 12.1. The summed E-state index contributed by atoms with van der Waals surface area (Å²) in [6.07, 6.45) is 7.86. The normalized spacial score (nSPS) is 14.5. The minimum Gasteiger partial charge on any atom is -0.508 e. The Kier molecular flexibility index (Phi) is 7.00. The van der Waals surface area contributed by atoms with Gasteiger partial charge in [0, 0.05) is 39.4 Å². The van der Waals surface area contributed by atoms with Gasteiger partial charge in [-0.3, -0.25) is 0 Å². The van der Waals surface area contributed by atoms with Crippen LogP contribution in [0.15, 0.2) is 170 Å². The Bertz CT molecular complexity index is 2240. The Morgan fingerprint density at radius 2 is 1.33 bits per heavy atom. The van der Waals surface area contributed by atoms with Gasteiger partial charge in [0.2, 0.25) is 0 Å². The van der Waals surface area contributed by atoms with E-state index in [9.17, 15) is 5.11 Å².